The van der Waals surface area contributed by atoms with Crippen LogP contribution in [0.4, 0.5) is 0 Å². The molecule has 0 radical (unpaired) electrons. The van der Waals surface area contributed by atoms with Crippen molar-refractivity contribution in [3.8, 4) is 0 Å². The maximum atomic E-state index is 12.7. The molecule has 2 aliphatic heterocycles. The van der Waals surface area contributed by atoms with Crippen LogP contribution in [0.1, 0.15) is 30.8 Å². The Kier molecular flexibility index (Phi) is 3.12. The third kappa shape index (κ3) is 1.92. The third-order valence-corrected chi connectivity index (χ3v) is 7.18. The van der Waals surface area contributed by atoms with E-state index in [2.05, 4.69) is 10.3 Å². The van der Waals surface area contributed by atoms with Crippen molar-refractivity contribution in [2.75, 3.05) is 0 Å². The van der Waals surface area contributed by atoms with Crippen LogP contribution in [0.15, 0.2) is 6.20 Å². The average molecular weight is 342 g/mol. The summed E-state index contributed by atoms with van der Waals surface area (Å²) < 4.78 is 24.8. The molecule has 1 aromatic rings. The predicted octanol–water partition coefficient (Wildman–Crippen LogP) is -1.32. The molecule has 2 saturated heterocycles. The molecule has 3 atom stereocenters. The molecule has 2 aliphatic rings. The fourth-order valence-corrected chi connectivity index (χ4v) is 5.51. The Hall–Kier alpha value is -2.30. The van der Waals surface area contributed by atoms with Crippen molar-refractivity contribution >= 4 is 27.5 Å². The van der Waals surface area contributed by atoms with E-state index in [1.807, 2.05) is 0 Å². The highest BCUT2D eigenvalue weighted by Gasteiger charge is 2.70. The number of hydrogen-bond acceptors (Lipinski definition) is 7. The van der Waals surface area contributed by atoms with Gasteiger partial charge in [0.15, 0.2) is 21.7 Å². The number of carboxylic acid groups (broad SMARTS) is 1. The van der Waals surface area contributed by atoms with Gasteiger partial charge < -0.3 is 10.0 Å². The molecule has 3 heterocycles. The number of hydrogen-bond donors (Lipinski definition) is 1. The minimum atomic E-state index is -3.91. The number of aliphatic carboxylic acids is 1. The predicted molar refractivity (Wildman–Crippen MR) is 74.0 cm³/mol. The number of β-lactam (4-membered cyclic amide) rings is 1. The molecule has 10 nitrogen and oxygen atoms in total. The van der Waals surface area contributed by atoms with Gasteiger partial charge in [-0.25, -0.2) is 13.2 Å². The van der Waals surface area contributed by atoms with Gasteiger partial charge in [-0.05, 0) is 6.92 Å². The van der Waals surface area contributed by atoms with Gasteiger partial charge in [-0.2, -0.15) is 0 Å². The van der Waals surface area contributed by atoms with Crippen molar-refractivity contribution in [3.05, 3.63) is 11.9 Å². The first-order valence-corrected chi connectivity index (χ1v) is 8.32. The van der Waals surface area contributed by atoms with Gasteiger partial charge in [0, 0.05) is 6.92 Å². The van der Waals surface area contributed by atoms with Crippen molar-refractivity contribution in [2.45, 2.75) is 43.0 Å². The maximum absolute atomic E-state index is 12.7. The van der Waals surface area contributed by atoms with Crippen molar-refractivity contribution in [2.24, 2.45) is 0 Å². The molecule has 124 valence electrons. The Bertz CT molecular complexity index is 830. The first-order chi connectivity index (χ1) is 10.6. The zero-order valence-corrected chi connectivity index (χ0v) is 13.1. The topological polar surface area (TPSA) is 140 Å². The Morgan fingerprint density at radius 2 is 2.13 bits per heavy atom. The van der Waals surface area contributed by atoms with Gasteiger partial charge >= 0.3 is 5.97 Å². The Labute approximate surface area is 131 Å². The van der Waals surface area contributed by atoms with Crippen molar-refractivity contribution < 1.29 is 27.9 Å². The highest BCUT2D eigenvalue weighted by atomic mass is 32.2. The van der Waals surface area contributed by atoms with E-state index in [1.54, 1.807) is 0 Å². The second-order valence-electron chi connectivity index (χ2n) is 5.92. The number of sulfone groups is 1. The molecule has 1 aromatic heterocycles. The van der Waals surface area contributed by atoms with Crippen molar-refractivity contribution in [3.63, 3.8) is 0 Å². The van der Waals surface area contributed by atoms with Gasteiger partial charge in [0.05, 0.1) is 19.2 Å². The van der Waals surface area contributed by atoms with Crippen LogP contribution >= 0.6 is 0 Å². The third-order valence-electron chi connectivity index (χ3n) is 4.42. The van der Waals surface area contributed by atoms with E-state index in [0.29, 0.717) is 0 Å². The van der Waals surface area contributed by atoms with Crippen LogP contribution in [0.2, 0.25) is 0 Å². The quantitative estimate of drug-likeness (QED) is 0.525. The van der Waals surface area contributed by atoms with Crippen LogP contribution in [0.25, 0.3) is 0 Å². The zero-order chi connectivity index (χ0) is 17.2. The van der Waals surface area contributed by atoms with Gasteiger partial charge in [0.1, 0.15) is 15.8 Å². The number of aromatic nitrogens is 3. The molecule has 0 spiro atoms. The molecule has 0 aromatic carbocycles. The number of carbonyl (C=O) groups is 3. The molecule has 0 unspecified atom stereocenters. The van der Waals surface area contributed by atoms with Crippen LogP contribution in [0.3, 0.4) is 0 Å². The standard InChI is InChI=1S/C12H14N4O6S/c1-6(17)7-4-15(14-13-7)5-12(2)10(11(19)20)16-8(18)3-9(16)23(12,21)22/h4,9-10H,3,5H2,1-2H3,(H,19,20)/t9-,10-,12-/m0/s1. The molecule has 11 heteroatoms. The SMILES string of the molecule is CC(=O)c1cn(C[C@@]2(C)[C@H](C(=O)O)N3C(=O)C[C@@H]3S2(=O)=O)nn1. The van der Waals surface area contributed by atoms with Crippen LogP contribution in [0.5, 0.6) is 0 Å². The van der Waals surface area contributed by atoms with E-state index in [-0.39, 0.29) is 24.4 Å². The molecule has 0 bridgehead atoms. The van der Waals surface area contributed by atoms with Crippen molar-refractivity contribution in [1.82, 2.24) is 19.9 Å². The summed E-state index contributed by atoms with van der Waals surface area (Å²) in [7, 11) is -3.91. The summed E-state index contributed by atoms with van der Waals surface area (Å²) in [5.41, 5.74) is 0.0511. The molecule has 3 rings (SSSR count). The lowest BCUT2D eigenvalue weighted by molar-refractivity contribution is -0.157. The summed E-state index contributed by atoms with van der Waals surface area (Å²) in [5.74, 6) is -2.24. The smallest absolute Gasteiger partial charge is 0.328 e. The number of carboxylic acids is 1. The first kappa shape index (κ1) is 15.6. The number of amides is 1. The first-order valence-electron chi connectivity index (χ1n) is 6.78. The van der Waals surface area contributed by atoms with Gasteiger partial charge in [-0.3, -0.25) is 14.3 Å². The minimum absolute atomic E-state index is 0.0511. The summed E-state index contributed by atoms with van der Waals surface area (Å²) >= 11 is 0. The number of fused-ring (bicyclic) bond motifs is 1. The van der Waals surface area contributed by atoms with Gasteiger partial charge in [0.25, 0.3) is 0 Å². The van der Waals surface area contributed by atoms with Crippen molar-refractivity contribution in [1.29, 1.82) is 0 Å². The lowest BCUT2D eigenvalue weighted by Gasteiger charge is -2.35. The van der Waals surface area contributed by atoms with E-state index in [4.69, 9.17) is 0 Å². The zero-order valence-electron chi connectivity index (χ0n) is 12.3. The largest absolute Gasteiger partial charge is 0.480 e. The van der Waals surface area contributed by atoms with Crippen LogP contribution in [0, 0.1) is 0 Å². The summed E-state index contributed by atoms with van der Waals surface area (Å²) in [5, 5.41) is 15.6. The number of ketones is 1. The number of Topliss-reactive ketones (excluding diaryl/α,β-unsaturated/α-hetero) is 1. The molecule has 2 fully saturated rings. The van der Waals surface area contributed by atoms with Gasteiger partial charge in [0.2, 0.25) is 5.91 Å². The Morgan fingerprint density at radius 1 is 1.48 bits per heavy atom. The summed E-state index contributed by atoms with van der Waals surface area (Å²) in [6.07, 6.45) is 1.05. The molecule has 0 aliphatic carbocycles. The molecular weight excluding hydrogens is 328 g/mol. The van der Waals surface area contributed by atoms with Crippen LogP contribution < -0.4 is 0 Å². The highest BCUT2D eigenvalue weighted by Crippen LogP contribution is 2.46. The highest BCUT2D eigenvalue weighted by molar-refractivity contribution is 7.93. The minimum Gasteiger partial charge on any atom is -0.480 e. The molecule has 1 amide bonds. The number of rotatable bonds is 4. The maximum Gasteiger partial charge on any atom is 0.328 e. The fraction of sp³-hybridized carbons (Fsp3) is 0.583. The van der Waals surface area contributed by atoms with Crippen LogP contribution in [-0.2, 0) is 26.0 Å². The average Bonchev–Trinajstić information content (AvgIpc) is 2.93. The second kappa shape index (κ2) is 4.60. The van der Waals surface area contributed by atoms with E-state index >= 15 is 0 Å². The van der Waals surface area contributed by atoms with E-state index in [9.17, 15) is 27.9 Å². The Morgan fingerprint density at radius 3 is 2.61 bits per heavy atom. The number of carbonyl (C=O) groups excluding carboxylic acids is 2. The molecular formula is C12H14N4O6S. The summed E-state index contributed by atoms with van der Waals surface area (Å²) in [4.78, 5) is 35.4. The van der Waals surface area contributed by atoms with E-state index in [0.717, 1.165) is 9.58 Å². The fourth-order valence-electron chi connectivity index (χ4n) is 3.15. The Balaban J connectivity index is 2.04. The summed E-state index contributed by atoms with van der Waals surface area (Å²) in [6.45, 7) is 2.25. The van der Waals surface area contributed by atoms with E-state index in [1.165, 1.54) is 20.0 Å². The molecule has 0 saturated carbocycles. The normalized spacial score (nSPS) is 31.6. The molecule has 1 N–H and O–H groups in total. The monoisotopic (exact) mass is 342 g/mol. The summed E-state index contributed by atoms with van der Waals surface area (Å²) in [6, 6.07) is -1.50. The lowest BCUT2D eigenvalue weighted by Crippen LogP contribution is -2.58. The number of nitrogens with zero attached hydrogens (tertiary/aromatic N) is 4. The lowest BCUT2D eigenvalue weighted by atomic mass is 9.96. The van der Waals surface area contributed by atoms with Gasteiger partial charge in [-0.15, -0.1) is 5.10 Å². The van der Waals surface area contributed by atoms with E-state index < -0.39 is 37.9 Å². The van der Waals surface area contributed by atoms with Gasteiger partial charge in [-0.1, -0.05) is 5.21 Å². The second-order valence-corrected chi connectivity index (χ2v) is 8.48. The van der Waals surface area contributed by atoms with Crippen LogP contribution in [-0.4, -0.2) is 67.2 Å². The molecule has 23 heavy (non-hydrogen) atoms.